The molecule has 2 atom stereocenters. The highest BCUT2D eigenvalue weighted by molar-refractivity contribution is 7.46. The monoisotopic (exact) mass is 850 g/mol. The first kappa shape index (κ1) is 40.0. The number of ether oxygens (including phenoxy) is 1. The molecule has 3 aliphatic heterocycles. The van der Waals surface area contributed by atoms with Crippen molar-refractivity contribution in [2.45, 2.75) is 11.8 Å². The molecule has 3 aliphatic rings. The van der Waals surface area contributed by atoms with E-state index in [1.807, 2.05) is 30.3 Å². The molecular formula is C44H35Cl2N3O9P. The molecule has 0 unspecified atom stereocenters. The Hall–Kier alpha value is -5.75. The van der Waals surface area contributed by atoms with E-state index in [1.165, 1.54) is 35.3 Å². The fourth-order valence-corrected chi connectivity index (χ4v) is 8.79. The molecule has 3 heterocycles. The third-order valence-electron chi connectivity index (χ3n) is 10.5. The van der Waals surface area contributed by atoms with Crippen molar-refractivity contribution >= 4 is 99.7 Å². The summed E-state index contributed by atoms with van der Waals surface area (Å²) in [6.45, 7) is 0.565. The predicted molar refractivity (Wildman–Crippen MR) is 227 cm³/mol. The average molecular weight is 852 g/mol. The van der Waals surface area contributed by atoms with Gasteiger partial charge in [-0.1, -0.05) is 60.7 Å². The second-order valence-corrected chi connectivity index (χ2v) is 15.9. The van der Waals surface area contributed by atoms with Crippen molar-refractivity contribution < 1.29 is 42.8 Å². The molecule has 0 saturated heterocycles. The number of phosphoric ester groups is 1. The minimum Gasteiger partial charge on any atom is -0.491 e. The first-order chi connectivity index (χ1) is 28.4. The molecule has 0 fully saturated rings. The third kappa shape index (κ3) is 8.02. The van der Waals surface area contributed by atoms with Crippen LogP contribution in [0.3, 0.4) is 0 Å². The normalized spacial score (nSPS) is 17.6. The van der Waals surface area contributed by atoms with Crippen LogP contribution < -0.4 is 19.1 Å². The van der Waals surface area contributed by atoms with Crippen LogP contribution in [0.15, 0.2) is 103 Å². The van der Waals surface area contributed by atoms with Gasteiger partial charge in [0.25, 0.3) is 23.6 Å². The fraction of sp³-hybridized carbons (Fsp3) is 0.182. The molecule has 0 spiro atoms. The first-order valence-corrected chi connectivity index (χ1v) is 21.2. The van der Waals surface area contributed by atoms with Crippen LogP contribution in [0, 0.1) is 6.07 Å². The number of carbonyl (C=O) groups excluding carboxylic acids is 4. The number of fused-ring (bicyclic) bond motifs is 6. The number of benzene rings is 5. The summed E-state index contributed by atoms with van der Waals surface area (Å²) >= 11 is 12.8. The number of anilines is 2. The van der Waals surface area contributed by atoms with Crippen molar-refractivity contribution in [3.8, 4) is 11.5 Å². The summed E-state index contributed by atoms with van der Waals surface area (Å²) in [6, 6.07) is 26.5. The molecule has 1 radical (unpaired) electrons. The maximum Gasteiger partial charge on any atom is 0.524 e. The number of nitrogens with zero attached hydrogens (tertiary/aromatic N) is 3. The molecule has 5 aromatic rings. The standard InChI is InChI=1S/C44H35Cl2N3O9P/c45-23-30-25-48(35-14-12-28-5-1-2-6-32(28)43(30)35)42(53)16-13-29-11-9-27(21-37(29)57-20-19-47-39(50)17-18-40(47)51)10-15-41(52)49-26-31(24-46)44-34-8-4-3-7-33(34)38(22-36(44)49)58-59(54,55)56/h1-11,13-18,21-22,30-31H,19-20,23-26H2,(H2,54,55,56)/b15-10-,16-13+/t30-,31-/m1/s1. The lowest BCUT2D eigenvalue weighted by Gasteiger charge is -2.18. The van der Waals surface area contributed by atoms with Crippen molar-refractivity contribution in [1.82, 2.24) is 4.90 Å². The number of alkyl halides is 2. The van der Waals surface area contributed by atoms with Gasteiger partial charge in [-0.15, -0.1) is 23.2 Å². The minimum atomic E-state index is -4.93. The molecule has 299 valence electrons. The molecule has 4 amide bonds. The zero-order valence-electron chi connectivity index (χ0n) is 31.2. The number of rotatable bonds is 12. The molecule has 2 N–H and O–H groups in total. The number of amides is 4. The highest BCUT2D eigenvalue weighted by Crippen LogP contribution is 2.49. The first-order valence-electron chi connectivity index (χ1n) is 18.6. The van der Waals surface area contributed by atoms with E-state index in [2.05, 4.69) is 6.07 Å². The van der Waals surface area contributed by atoms with Gasteiger partial charge in [0.15, 0.2) is 0 Å². The minimum absolute atomic E-state index is 0.0152. The average Bonchev–Trinajstić information content (AvgIpc) is 3.91. The van der Waals surface area contributed by atoms with Gasteiger partial charge in [-0.2, -0.15) is 0 Å². The Kier molecular flexibility index (Phi) is 11.2. The summed E-state index contributed by atoms with van der Waals surface area (Å²) in [4.78, 5) is 75.5. The molecule has 8 rings (SSSR count). The topological polar surface area (TPSA) is 154 Å². The van der Waals surface area contributed by atoms with E-state index in [0.717, 1.165) is 32.5 Å². The molecule has 12 nitrogen and oxygen atoms in total. The number of phosphoric acid groups is 1. The van der Waals surface area contributed by atoms with Gasteiger partial charge in [0, 0.05) is 83.7 Å². The van der Waals surface area contributed by atoms with E-state index in [9.17, 15) is 33.5 Å². The van der Waals surface area contributed by atoms with E-state index in [0.29, 0.717) is 45.8 Å². The van der Waals surface area contributed by atoms with Crippen LogP contribution in [0.5, 0.6) is 11.5 Å². The maximum atomic E-state index is 13.8. The molecule has 0 bridgehead atoms. The van der Waals surface area contributed by atoms with Crippen LogP contribution in [0.4, 0.5) is 11.4 Å². The SMILES string of the molecule is O=C1C=CC(=O)N1CCOc1cc(/C=C\C(=O)N2C[C@@H](CCl)c3c2cc(OP(=O)(O)O)c2ccccc32)ccc1/C=C/C(=O)N1C[C@@H](CCl)c2c1c[c]c1ccccc21. The van der Waals surface area contributed by atoms with Crippen molar-refractivity contribution in [2.24, 2.45) is 0 Å². The van der Waals surface area contributed by atoms with Gasteiger partial charge < -0.3 is 19.1 Å². The van der Waals surface area contributed by atoms with E-state index < -0.39 is 25.5 Å². The Bertz CT molecular complexity index is 2680. The highest BCUT2D eigenvalue weighted by atomic mass is 35.5. The number of hydrogen-bond donors (Lipinski definition) is 2. The molecule has 59 heavy (non-hydrogen) atoms. The quantitative estimate of drug-likeness (QED) is 0.0569. The van der Waals surface area contributed by atoms with Gasteiger partial charge in [-0.3, -0.25) is 33.9 Å². The third-order valence-corrected chi connectivity index (χ3v) is 11.7. The zero-order chi connectivity index (χ0) is 41.4. The van der Waals surface area contributed by atoms with Crippen molar-refractivity contribution in [3.63, 3.8) is 0 Å². The van der Waals surface area contributed by atoms with Crippen LogP contribution in [-0.4, -0.2) is 76.3 Å². The van der Waals surface area contributed by atoms with Crippen molar-refractivity contribution in [3.05, 3.63) is 131 Å². The largest absolute Gasteiger partial charge is 0.524 e. The Morgan fingerprint density at radius 2 is 1.39 bits per heavy atom. The summed E-state index contributed by atoms with van der Waals surface area (Å²) in [5, 5.41) is 3.08. The summed E-state index contributed by atoms with van der Waals surface area (Å²) in [5.41, 5.74) is 4.03. The van der Waals surface area contributed by atoms with E-state index in [4.69, 9.17) is 32.5 Å². The van der Waals surface area contributed by atoms with Crippen LogP contribution in [0.1, 0.15) is 34.1 Å². The number of halogens is 2. The fourth-order valence-electron chi connectivity index (χ4n) is 7.88. The summed E-state index contributed by atoms with van der Waals surface area (Å²) in [6.07, 6.45) is 8.40. The van der Waals surface area contributed by atoms with Gasteiger partial charge in [-0.05, 0) is 63.2 Å². The predicted octanol–water partition coefficient (Wildman–Crippen LogP) is 7.33. The van der Waals surface area contributed by atoms with Crippen LogP contribution in [0.2, 0.25) is 0 Å². The summed E-state index contributed by atoms with van der Waals surface area (Å²) in [5.74, 6) is -1.12. The summed E-state index contributed by atoms with van der Waals surface area (Å²) < 4.78 is 23.1. The molecule has 0 aliphatic carbocycles. The second-order valence-electron chi connectivity index (χ2n) is 14.1. The number of carbonyl (C=O) groups is 4. The van der Waals surface area contributed by atoms with E-state index in [-0.39, 0.29) is 49.1 Å². The lowest BCUT2D eigenvalue weighted by atomic mass is 9.95. The maximum absolute atomic E-state index is 13.8. The lowest BCUT2D eigenvalue weighted by Crippen LogP contribution is -2.33. The van der Waals surface area contributed by atoms with Crippen LogP contribution in [0.25, 0.3) is 33.7 Å². The lowest BCUT2D eigenvalue weighted by molar-refractivity contribution is -0.137. The number of imide groups is 1. The highest BCUT2D eigenvalue weighted by Gasteiger charge is 2.35. The smallest absolute Gasteiger partial charge is 0.491 e. The Labute approximate surface area is 348 Å². The van der Waals surface area contributed by atoms with Crippen molar-refractivity contribution in [1.29, 1.82) is 0 Å². The van der Waals surface area contributed by atoms with E-state index in [1.54, 1.807) is 59.5 Å². The molecular weight excluding hydrogens is 816 g/mol. The molecule has 5 aromatic carbocycles. The van der Waals surface area contributed by atoms with Crippen LogP contribution >= 0.6 is 31.0 Å². The van der Waals surface area contributed by atoms with E-state index >= 15 is 0 Å². The summed E-state index contributed by atoms with van der Waals surface area (Å²) in [7, 11) is -4.93. The van der Waals surface area contributed by atoms with Gasteiger partial charge in [0.2, 0.25) is 0 Å². The van der Waals surface area contributed by atoms with Gasteiger partial charge >= 0.3 is 7.82 Å². The van der Waals surface area contributed by atoms with Gasteiger partial charge in [0.1, 0.15) is 18.1 Å². The Morgan fingerprint density at radius 3 is 2.07 bits per heavy atom. The molecule has 0 saturated carbocycles. The molecule has 15 heteroatoms. The zero-order valence-corrected chi connectivity index (χ0v) is 33.6. The Balaban J connectivity index is 1.07. The number of hydrogen-bond acceptors (Lipinski definition) is 7. The Morgan fingerprint density at radius 1 is 0.780 bits per heavy atom. The second kappa shape index (κ2) is 16.5. The van der Waals surface area contributed by atoms with Crippen molar-refractivity contribution in [2.75, 3.05) is 47.8 Å². The molecule has 0 aromatic heterocycles. The van der Waals surface area contributed by atoms with Gasteiger partial charge in [0.05, 0.1) is 12.2 Å². The van der Waals surface area contributed by atoms with Gasteiger partial charge in [-0.25, -0.2) is 4.57 Å². The van der Waals surface area contributed by atoms with Crippen LogP contribution in [-0.2, 0) is 23.7 Å².